The molecule has 0 bridgehead atoms. The lowest BCUT2D eigenvalue weighted by Gasteiger charge is -2.02. The molecule has 1 aromatic carbocycles. The van der Waals surface area contributed by atoms with Gasteiger partial charge in [-0.25, -0.2) is 4.98 Å². The predicted octanol–water partition coefficient (Wildman–Crippen LogP) is 1.99. The minimum atomic E-state index is -0.437. The molecule has 0 spiro atoms. The SMILES string of the molecule is O=C(CCc1ccc([N+](=O)[O-])cc1)Cn1ccnc1. The van der Waals surface area contributed by atoms with E-state index in [0.717, 1.165) is 5.56 Å². The van der Waals surface area contributed by atoms with Gasteiger partial charge in [0.2, 0.25) is 0 Å². The van der Waals surface area contributed by atoms with Crippen LogP contribution in [0.15, 0.2) is 43.0 Å². The summed E-state index contributed by atoms with van der Waals surface area (Å²) in [7, 11) is 0. The van der Waals surface area contributed by atoms with Gasteiger partial charge in [0, 0.05) is 30.9 Å². The molecule has 0 N–H and O–H groups in total. The van der Waals surface area contributed by atoms with Crippen LogP contribution >= 0.6 is 0 Å². The van der Waals surface area contributed by atoms with Crippen LogP contribution in [0.25, 0.3) is 0 Å². The first-order valence-electron chi connectivity index (χ1n) is 5.86. The second kappa shape index (κ2) is 5.90. The summed E-state index contributed by atoms with van der Waals surface area (Å²) in [4.78, 5) is 25.6. The molecule has 0 radical (unpaired) electrons. The van der Waals surface area contributed by atoms with Gasteiger partial charge in [-0.3, -0.25) is 14.9 Å². The van der Waals surface area contributed by atoms with Crippen molar-refractivity contribution in [2.75, 3.05) is 0 Å². The second-order valence-corrected chi connectivity index (χ2v) is 4.20. The minimum Gasteiger partial charge on any atom is -0.330 e. The monoisotopic (exact) mass is 259 g/mol. The third kappa shape index (κ3) is 3.74. The summed E-state index contributed by atoms with van der Waals surface area (Å²) in [6, 6.07) is 6.27. The van der Waals surface area contributed by atoms with Gasteiger partial charge >= 0.3 is 0 Å². The van der Waals surface area contributed by atoms with Crippen LogP contribution in [0, 0.1) is 10.1 Å². The highest BCUT2D eigenvalue weighted by Crippen LogP contribution is 2.13. The van der Waals surface area contributed by atoms with E-state index >= 15 is 0 Å². The molecule has 0 aliphatic heterocycles. The molecular weight excluding hydrogens is 246 g/mol. The number of non-ortho nitro benzene ring substituents is 1. The summed E-state index contributed by atoms with van der Waals surface area (Å²) < 4.78 is 1.72. The van der Waals surface area contributed by atoms with Crippen LogP contribution in [0.5, 0.6) is 0 Å². The van der Waals surface area contributed by atoms with E-state index in [2.05, 4.69) is 4.98 Å². The van der Waals surface area contributed by atoms with E-state index in [1.165, 1.54) is 12.1 Å². The molecule has 1 heterocycles. The molecule has 6 heteroatoms. The van der Waals surface area contributed by atoms with Crippen molar-refractivity contribution >= 4 is 11.5 Å². The number of hydrogen-bond acceptors (Lipinski definition) is 4. The Balaban J connectivity index is 1.84. The van der Waals surface area contributed by atoms with E-state index in [1.807, 2.05) is 0 Å². The molecule has 19 heavy (non-hydrogen) atoms. The van der Waals surface area contributed by atoms with E-state index in [1.54, 1.807) is 35.4 Å². The fraction of sp³-hybridized carbons (Fsp3) is 0.231. The van der Waals surface area contributed by atoms with Crippen LogP contribution in [0.4, 0.5) is 5.69 Å². The van der Waals surface area contributed by atoms with Crippen LogP contribution < -0.4 is 0 Å². The number of nitrogens with zero attached hydrogens (tertiary/aromatic N) is 3. The van der Waals surface area contributed by atoms with Crippen molar-refractivity contribution in [3.05, 3.63) is 58.7 Å². The molecule has 2 aromatic rings. The van der Waals surface area contributed by atoms with Crippen molar-refractivity contribution in [3.63, 3.8) is 0 Å². The Morgan fingerprint density at radius 1 is 1.32 bits per heavy atom. The lowest BCUT2D eigenvalue weighted by Crippen LogP contribution is -2.09. The molecule has 2 rings (SSSR count). The van der Waals surface area contributed by atoms with Crippen molar-refractivity contribution in [1.82, 2.24) is 9.55 Å². The number of rotatable bonds is 6. The standard InChI is InChI=1S/C13H13N3O3/c17-13(9-15-8-7-14-10-15)6-3-11-1-4-12(5-2-11)16(18)19/h1-2,4-5,7-8,10H,3,6,9H2. The van der Waals surface area contributed by atoms with Gasteiger partial charge in [-0.1, -0.05) is 12.1 Å². The number of ketones is 1. The number of hydrogen-bond donors (Lipinski definition) is 0. The summed E-state index contributed by atoms with van der Waals surface area (Å²) in [5.41, 5.74) is 0.984. The summed E-state index contributed by atoms with van der Waals surface area (Å²) in [6.07, 6.45) is 5.97. The van der Waals surface area contributed by atoms with E-state index in [9.17, 15) is 14.9 Å². The third-order valence-corrected chi connectivity index (χ3v) is 2.76. The second-order valence-electron chi connectivity index (χ2n) is 4.20. The first kappa shape index (κ1) is 12.9. The first-order valence-corrected chi connectivity index (χ1v) is 5.86. The van der Waals surface area contributed by atoms with Crippen molar-refractivity contribution in [1.29, 1.82) is 0 Å². The van der Waals surface area contributed by atoms with Crippen LogP contribution in [0.2, 0.25) is 0 Å². The van der Waals surface area contributed by atoms with Crippen LogP contribution in [-0.2, 0) is 17.8 Å². The van der Waals surface area contributed by atoms with Crippen LogP contribution in [-0.4, -0.2) is 20.3 Å². The van der Waals surface area contributed by atoms with E-state index in [0.29, 0.717) is 19.4 Å². The number of carbonyl (C=O) groups is 1. The van der Waals surface area contributed by atoms with E-state index < -0.39 is 4.92 Å². The molecule has 0 atom stereocenters. The Kier molecular flexibility index (Phi) is 4.02. The zero-order chi connectivity index (χ0) is 13.7. The normalized spacial score (nSPS) is 10.3. The van der Waals surface area contributed by atoms with Gasteiger partial charge in [0.25, 0.3) is 5.69 Å². The first-order chi connectivity index (χ1) is 9.15. The number of benzene rings is 1. The Morgan fingerprint density at radius 2 is 2.05 bits per heavy atom. The lowest BCUT2D eigenvalue weighted by atomic mass is 10.1. The Bertz CT molecular complexity index is 561. The molecule has 0 fully saturated rings. The van der Waals surface area contributed by atoms with Crippen LogP contribution in [0.3, 0.4) is 0 Å². The lowest BCUT2D eigenvalue weighted by molar-refractivity contribution is -0.384. The maximum absolute atomic E-state index is 11.7. The van der Waals surface area contributed by atoms with Crippen LogP contribution in [0.1, 0.15) is 12.0 Å². The largest absolute Gasteiger partial charge is 0.330 e. The summed E-state index contributed by atoms with van der Waals surface area (Å²) in [5, 5.41) is 10.5. The molecule has 0 saturated carbocycles. The zero-order valence-electron chi connectivity index (χ0n) is 10.2. The van der Waals surface area contributed by atoms with Crippen molar-refractivity contribution in [2.24, 2.45) is 0 Å². The highest BCUT2D eigenvalue weighted by Gasteiger charge is 2.06. The quantitative estimate of drug-likeness (QED) is 0.587. The molecule has 0 amide bonds. The maximum Gasteiger partial charge on any atom is 0.269 e. The number of nitro benzene ring substituents is 1. The van der Waals surface area contributed by atoms with Crippen molar-refractivity contribution in [2.45, 2.75) is 19.4 Å². The third-order valence-electron chi connectivity index (χ3n) is 2.76. The van der Waals surface area contributed by atoms with Gasteiger partial charge in [0.05, 0.1) is 17.8 Å². The number of aryl methyl sites for hydroxylation is 1. The van der Waals surface area contributed by atoms with Crippen molar-refractivity contribution < 1.29 is 9.72 Å². The fourth-order valence-corrected chi connectivity index (χ4v) is 1.73. The Hall–Kier alpha value is -2.50. The molecular formula is C13H13N3O3. The highest BCUT2D eigenvalue weighted by atomic mass is 16.6. The van der Waals surface area contributed by atoms with E-state index in [4.69, 9.17) is 0 Å². The minimum absolute atomic E-state index is 0.0634. The van der Waals surface area contributed by atoms with Gasteiger partial charge < -0.3 is 4.57 Å². The number of nitro groups is 1. The highest BCUT2D eigenvalue weighted by molar-refractivity contribution is 5.78. The van der Waals surface area contributed by atoms with Gasteiger partial charge in [-0.2, -0.15) is 0 Å². The average Bonchev–Trinajstić information content (AvgIpc) is 2.89. The number of imidazole rings is 1. The Morgan fingerprint density at radius 3 is 2.63 bits per heavy atom. The topological polar surface area (TPSA) is 78.0 Å². The zero-order valence-corrected chi connectivity index (χ0v) is 10.2. The maximum atomic E-state index is 11.7. The fourth-order valence-electron chi connectivity index (χ4n) is 1.73. The molecule has 0 unspecified atom stereocenters. The summed E-state index contributed by atoms with van der Waals surface area (Å²) in [6.45, 7) is 0.312. The van der Waals surface area contributed by atoms with Gasteiger partial charge in [0.15, 0.2) is 5.78 Å². The molecule has 0 saturated heterocycles. The van der Waals surface area contributed by atoms with E-state index in [-0.39, 0.29) is 11.5 Å². The smallest absolute Gasteiger partial charge is 0.269 e. The van der Waals surface area contributed by atoms with Gasteiger partial charge in [-0.15, -0.1) is 0 Å². The Labute approximate surface area is 109 Å². The molecule has 98 valence electrons. The predicted molar refractivity (Wildman–Crippen MR) is 68.7 cm³/mol. The molecule has 0 aliphatic rings. The number of Topliss-reactive ketones (excluding diaryl/α,β-unsaturated/α-hetero) is 1. The number of carbonyl (C=O) groups excluding carboxylic acids is 1. The number of aromatic nitrogens is 2. The van der Waals surface area contributed by atoms with Gasteiger partial charge in [0.1, 0.15) is 0 Å². The summed E-state index contributed by atoms with van der Waals surface area (Å²) >= 11 is 0. The van der Waals surface area contributed by atoms with Crippen molar-refractivity contribution in [3.8, 4) is 0 Å². The van der Waals surface area contributed by atoms with Gasteiger partial charge in [-0.05, 0) is 12.0 Å². The molecule has 1 aromatic heterocycles. The average molecular weight is 259 g/mol. The molecule has 0 aliphatic carbocycles. The molecule has 6 nitrogen and oxygen atoms in total. The summed E-state index contributed by atoms with van der Waals surface area (Å²) in [5.74, 6) is 0.108.